The molecule has 3 rings (SSSR count). The lowest BCUT2D eigenvalue weighted by atomic mass is 9.90. The molecule has 0 aromatic heterocycles. The maximum atomic E-state index is 10.5. The highest BCUT2D eigenvalue weighted by atomic mass is 16.5. The summed E-state index contributed by atoms with van der Waals surface area (Å²) in [6.07, 6.45) is 4.46. The molecule has 0 saturated heterocycles. The second-order valence-electron chi connectivity index (χ2n) is 5.53. The Labute approximate surface area is 108 Å². The van der Waals surface area contributed by atoms with Crippen LogP contribution in [-0.4, -0.2) is 36.2 Å². The normalized spacial score (nSPS) is 27.1. The van der Waals surface area contributed by atoms with Crippen molar-refractivity contribution in [3.8, 4) is 5.75 Å². The Morgan fingerprint density at radius 1 is 1.33 bits per heavy atom. The van der Waals surface area contributed by atoms with Crippen LogP contribution in [-0.2, 0) is 6.42 Å². The van der Waals surface area contributed by atoms with Crippen molar-refractivity contribution in [2.45, 2.75) is 43.9 Å². The molecule has 2 aliphatic rings. The summed E-state index contributed by atoms with van der Waals surface area (Å²) in [4.78, 5) is 2.38. The van der Waals surface area contributed by atoms with Gasteiger partial charge >= 0.3 is 0 Å². The lowest BCUT2D eigenvalue weighted by Crippen LogP contribution is -2.45. The second kappa shape index (κ2) is 4.56. The molecule has 2 aliphatic carbocycles. The molecular weight excluding hydrogens is 226 g/mol. The molecule has 1 N–H and O–H groups in total. The Kier molecular flexibility index (Phi) is 3.04. The number of benzene rings is 1. The van der Waals surface area contributed by atoms with Crippen molar-refractivity contribution in [2.24, 2.45) is 0 Å². The smallest absolute Gasteiger partial charge is 0.119 e. The molecule has 98 valence electrons. The fourth-order valence-electron chi connectivity index (χ4n) is 3.14. The molecule has 1 saturated carbocycles. The fraction of sp³-hybridized carbons (Fsp3) is 0.600. The molecule has 0 amide bonds. The minimum atomic E-state index is -0.374. The van der Waals surface area contributed by atoms with Crippen molar-refractivity contribution < 1.29 is 9.84 Å². The van der Waals surface area contributed by atoms with Crippen LogP contribution in [0.3, 0.4) is 0 Å². The molecule has 0 spiro atoms. The third-order valence-corrected chi connectivity index (χ3v) is 4.64. The van der Waals surface area contributed by atoms with E-state index in [1.54, 1.807) is 7.11 Å². The van der Waals surface area contributed by atoms with Gasteiger partial charge in [-0.05, 0) is 49.6 Å². The average molecular weight is 247 g/mol. The largest absolute Gasteiger partial charge is 0.497 e. The van der Waals surface area contributed by atoms with Crippen LogP contribution in [0.1, 0.15) is 36.5 Å². The van der Waals surface area contributed by atoms with Crippen LogP contribution in [0.4, 0.5) is 0 Å². The first-order valence-corrected chi connectivity index (χ1v) is 6.77. The number of ether oxygens (including phenoxy) is 1. The van der Waals surface area contributed by atoms with Crippen molar-refractivity contribution in [1.29, 1.82) is 0 Å². The fourth-order valence-corrected chi connectivity index (χ4v) is 3.14. The zero-order chi connectivity index (χ0) is 12.7. The maximum Gasteiger partial charge on any atom is 0.119 e. The van der Waals surface area contributed by atoms with Crippen molar-refractivity contribution in [3.63, 3.8) is 0 Å². The number of methoxy groups -OCH3 is 1. The van der Waals surface area contributed by atoms with E-state index in [0.717, 1.165) is 17.7 Å². The molecule has 18 heavy (non-hydrogen) atoms. The van der Waals surface area contributed by atoms with Crippen LogP contribution in [0.2, 0.25) is 0 Å². The minimum Gasteiger partial charge on any atom is -0.497 e. The van der Waals surface area contributed by atoms with E-state index in [1.807, 2.05) is 12.1 Å². The van der Waals surface area contributed by atoms with Gasteiger partial charge in [-0.2, -0.15) is 0 Å². The zero-order valence-corrected chi connectivity index (χ0v) is 11.1. The number of hydrogen-bond acceptors (Lipinski definition) is 3. The molecule has 1 aromatic carbocycles. The van der Waals surface area contributed by atoms with E-state index in [4.69, 9.17) is 4.74 Å². The lowest BCUT2D eigenvalue weighted by Gasteiger charge is -2.39. The van der Waals surface area contributed by atoms with E-state index >= 15 is 0 Å². The quantitative estimate of drug-likeness (QED) is 0.888. The van der Waals surface area contributed by atoms with Crippen LogP contribution in [0.15, 0.2) is 18.2 Å². The number of aliphatic hydroxyl groups is 1. The van der Waals surface area contributed by atoms with Gasteiger partial charge in [-0.1, -0.05) is 12.5 Å². The number of aliphatic hydroxyl groups excluding tert-OH is 1. The van der Waals surface area contributed by atoms with Crippen molar-refractivity contribution >= 4 is 0 Å². The third kappa shape index (κ3) is 1.82. The Balaban J connectivity index is 1.81. The molecule has 1 fully saturated rings. The summed E-state index contributed by atoms with van der Waals surface area (Å²) in [7, 11) is 3.82. The molecule has 0 radical (unpaired) electrons. The van der Waals surface area contributed by atoms with Crippen molar-refractivity contribution in [3.05, 3.63) is 29.3 Å². The van der Waals surface area contributed by atoms with E-state index in [1.165, 1.54) is 24.8 Å². The van der Waals surface area contributed by atoms with Gasteiger partial charge < -0.3 is 9.84 Å². The van der Waals surface area contributed by atoms with E-state index in [-0.39, 0.29) is 12.1 Å². The molecule has 1 aromatic rings. The summed E-state index contributed by atoms with van der Waals surface area (Å²) < 4.78 is 5.24. The maximum absolute atomic E-state index is 10.5. The number of hydrogen-bond donors (Lipinski definition) is 1. The highest BCUT2D eigenvalue weighted by Gasteiger charge is 2.37. The summed E-state index contributed by atoms with van der Waals surface area (Å²) in [6.45, 7) is 0. The molecular formula is C15H21NO2. The summed E-state index contributed by atoms with van der Waals surface area (Å²) >= 11 is 0. The van der Waals surface area contributed by atoms with E-state index in [9.17, 15) is 5.11 Å². The minimum absolute atomic E-state index is 0.234. The van der Waals surface area contributed by atoms with Gasteiger partial charge in [0, 0.05) is 12.1 Å². The number of nitrogens with zero attached hydrogens (tertiary/aromatic N) is 1. The monoisotopic (exact) mass is 247 g/mol. The van der Waals surface area contributed by atoms with Crippen LogP contribution in [0, 0.1) is 0 Å². The average Bonchev–Trinajstić information content (AvgIpc) is 2.64. The van der Waals surface area contributed by atoms with E-state index in [2.05, 4.69) is 18.0 Å². The zero-order valence-electron chi connectivity index (χ0n) is 11.1. The Hall–Kier alpha value is -1.06. The second-order valence-corrected chi connectivity index (χ2v) is 5.53. The molecule has 0 heterocycles. The first kappa shape index (κ1) is 12.0. The molecule has 3 heteroatoms. The van der Waals surface area contributed by atoms with Crippen LogP contribution in [0.25, 0.3) is 0 Å². The Bertz CT molecular complexity index is 442. The van der Waals surface area contributed by atoms with Gasteiger partial charge in [0.2, 0.25) is 0 Å². The summed E-state index contributed by atoms with van der Waals surface area (Å²) in [5.41, 5.74) is 2.31. The predicted molar refractivity (Wildman–Crippen MR) is 70.8 cm³/mol. The van der Waals surface area contributed by atoms with Gasteiger partial charge in [0.05, 0.1) is 13.2 Å². The van der Waals surface area contributed by atoms with Crippen LogP contribution < -0.4 is 4.74 Å². The standard InChI is InChI=1S/C15H21NO2/c1-16(11-4-3-5-11)14-8-10-6-7-12(18-2)9-13(10)15(14)17/h6-7,9,11,14-15,17H,3-5,8H2,1-2H3. The lowest BCUT2D eigenvalue weighted by molar-refractivity contribution is 0.0283. The molecule has 0 aliphatic heterocycles. The van der Waals surface area contributed by atoms with Gasteiger partial charge in [-0.15, -0.1) is 0 Å². The molecule has 0 bridgehead atoms. The molecule has 2 unspecified atom stereocenters. The number of fused-ring (bicyclic) bond motifs is 1. The van der Waals surface area contributed by atoms with E-state index < -0.39 is 0 Å². The first-order valence-electron chi connectivity index (χ1n) is 6.77. The Morgan fingerprint density at radius 3 is 2.72 bits per heavy atom. The van der Waals surface area contributed by atoms with Crippen LogP contribution in [0.5, 0.6) is 5.75 Å². The van der Waals surface area contributed by atoms with Gasteiger partial charge in [-0.3, -0.25) is 4.90 Å². The number of likely N-dealkylation sites (N-methyl/N-ethyl adjacent to an activating group) is 1. The summed E-state index contributed by atoms with van der Waals surface area (Å²) in [5.74, 6) is 0.833. The van der Waals surface area contributed by atoms with Gasteiger partial charge in [0.15, 0.2) is 0 Å². The first-order chi connectivity index (χ1) is 8.70. The SMILES string of the molecule is COc1ccc2c(c1)C(O)C(N(C)C1CCC1)C2. The third-order valence-electron chi connectivity index (χ3n) is 4.64. The van der Waals surface area contributed by atoms with Gasteiger partial charge in [-0.25, -0.2) is 0 Å². The van der Waals surface area contributed by atoms with Gasteiger partial charge in [0.25, 0.3) is 0 Å². The Morgan fingerprint density at radius 2 is 2.11 bits per heavy atom. The van der Waals surface area contributed by atoms with Gasteiger partial charge in [0.1, 0.15) is 5.75 Å². The van der Waals surface area contributed by atoms with E-state index in [0.29, 0.717) is 6.04 Å². The summed E-state index contributed by atoms with van der Waals surface area (Å²) in [5, 5.41) is 10.5. The molecule has 2 atom stereocenters. The highest BCUT2D eigenvalue weighted by Crippen LogP contribution is 2.38. The topological polar surface area (TPSA) is 32.7 Å². The summed E-state index contributed by atoms with van der Waals surface area (Å²) in [6, 6.07) is 6.95. The van der Waals surface area contributed by atoms with Crippen molar-refractivity contribution in [2.75, 3.05) is 14.2 Å². The number of rotatable bonds is 3. The predicted octanol–water partition coefficient (Wildman–Crippen LogP) is 2.14. The van der Waals surface area contributed by atoms with Crippen molar-refractivity contribution in [1.82, 2.24) is 4.90 Å². The van der Waals surface area contributed by atoms with Crippen LogP contribution >= 0.6 is 0 Å². The molecule has 3 nitrogen and oxygen atoms in total. The highest BCUT2D eigenvalue weighted by molar-refractivity contribution is 5.41.